The number of hydrogen-bond donors (Lipinski definition) is 0. The maximum absolute atomic E-state index is 13.1. The molecular weight excluding hydrogens is 290 g/mol. The van der Waals surface area contributed by atoms with Crippen molar-refractivity contribution in [3.8, 4) is 17.1 Å². The molecule has 4 nitrogen and oxygen atoms in total. The molecule has 6 heteroatoms. The molecule has 0 aliphatic carbocycles. The van der Waals surface area contributed by atoms with Crippen molar-refractivity contribution in [2.75, 3.05) is 0 Å². The van der Waals surface area contributed by atoms with Gasteiger partial charge in [0.05, 0.1) is 0 Å². The summed E-state index contributed by atoms with van der Waals surface area (Å²) in [6.07, 6.45) is 0. The van der Waals surface area contributed by atoms with Gasteiger partial charge in [-0.15, -0.1) is 0 Å². The largest absolute Gasteiger partial charge is 0.489 e. The summed E-state index contributed by atoms with van der Waals surface area (Å²) in [6, 6.07) is 10.4. The zero-order valence-electron chi connectivity index (χ0n) is 11.7. The summed E-state index contributed by atoms with van der Waals surface area (Å²) < 4.78 is 36.7. The molecule has 1 aromatic heterocycles. The summed E-state index contributed by atoms with van der Waals surface area (Å²) in [5.41, 5.74) is 1.15. The summed E-state index contributed by atoms with van der Waals surface area (Å²) in [6.45, 7) is 1.76. The molecule has 0 atom stereocenters. The Hall–Kier alpha value is -2.76. The topological polar surface area (TPSA) is 48.2 Å². The van der Waals surface area contributed by atoms with E-state index in [1.807, 2.05) is 6.07 Å². The van der Waals surface area contributed by atoms with Crippen LogP contribution in [0.1, 0.15) is 11.5 Å². The first-order valence-electron chi connectivity index (χ1n) is 6.59. The number of aromatic nitrogens is 2. The van der Waals surface area contributed by atoms with Crippen molar-refractivity contribution in [3.05, 3.63) is 65.6 Å². The molecule has 0 N–H and O–H groups in total. The maximum atomic E-state index is 13.1. The Balaban J connectivity index is 1.75. The van der Waals surface area contributed by atoms with Crippen molar-refractivity contribution in [3.63, 3.8) is 0 Å². The summed E-state index contributed by atoms with van der Waals surface area (Å²) in [4.78, 5) is 4.13. The van der Waals surface area contributed by atoms with Gasteiger partial charge in [-0.3, -0.25) is 0 Å². The average molecular weight is 302 g/mol. The molecule has 0 spiro atoms. The Morgan fingerprint density at radius 3 is 2.55 bits per heavy atom. The van der Waals surface area contributed by atoms with E-state index in [2.05, 4.69) is 10.1 Å². The number of ether oxygens (including phenoxy) is 1. The Labute approximate surface area is 125 Å². The third kappa shape index (κ3) is 3.28. The van der Waals surface area contributed by atoms with Gasteiger partial charge in [0, 0.05) is 18.6 Å². The quantitative estimate of drug-likeness (QED) is 0.733. The molecular formula is C16H12F2N2O2. The van der Waals surface area contributed by atoms with Gasteiger partial charge >= 0.3 is 0 Å². The SMILES string of the molecule is Cc1nc(-c2cccc(OCc3cc(F)cc(F)c3)c2)no1. The molecule has 0 aliphatic rings. The third-order valence-electron chi connectivity index (χ3n) is 2.95. The first kappa shape index (κ1) is 14.2. The standard InChI is InChI=1S/C16H12F2N2O2/c1-10-19-16(20-22-10)12-3-2-4-15(7-12)21-9-11-5-13(17)8-14(18)6-11/h2-8H,9H2,1H3. The van der Waals surface area contributed by atoms with E-state index < -0.39 is 11.6 Å². The van der Waals surface area contributed by atoms with Gasteiger partial charge in [0.25, 0.3) is 0 Å². The molecule has 3 rings (SSSR count). The number of benzene rings is 2. The van der Waals surface area contributed by atoms with Crippen LogP contribution in [0, 0.1) is 18.6 Å². The highest BCUT2D eigenvalue weighted by Crippen LogP contribution is 2.22. The Morgan fingerprint density at radius 2 is 1.86 bits per heavy atom. The monoisotopic (exact) mass is 302 g/mol. The van der Waals surface area contributed by atoms with Crippen LogP contribution in [0.15, 0.2) is 47.0 Å². The van der Waals surface area contributed by atoms with E-state index in [0.717, 1.165) is 11.6 Å². The number of rotatable bonds is 4. The molecule has 0 aliphatic heterocycles. The van der Waals surface area contributed by atoms with E-state index in [-0.39, 0.29) is 6.61 Å². The lowest BCUT2D eigenvalue weighted by atomic mass is 10.2. The minimum Gasteiger partial charge on any atom is -0.489 e. The molecule has 0 radical (unpaired) electrons. The Morgan fingerprint density at radius 1 is 1.09 bits per heavy atom. The fourth-order valence-corrected chi connectivity index (χ4v) is 2.00. The van der Waals surface area contributed by atoms with Crippen molar-refractivity contribution < 1.29 is 18.0 Å². The minimum atomic E-state index is -0.630. The van der Waals surface area contributed by atoms with E-state index in [0.29, 0.717) is 23.0 Å². The zero-order valence-corrected chi connectivity index (χ0v) is 11.7. The van der Waals surface area contributed by atoms with Gasteiger partial charge in [-0.25, -0.2) is 8.78 Å². The number of hydrogen-bond acceptors (Lipinski definition) is 4. The van der Waals surface area contributed by atoms with Crippen LogP contribution < -0.4 is 4.74 Å². The van der Waals surface area contributed by atoms with Crippen molar-refractivity contribution in [1.29, 1.82) is 0 Å². The van der Waals surface area contributed by atoms with Crippen molar-refractivity contribution in [1.82, 2.24) is 10.1 Å². The third-order valence-corrected chi connectivity index (χ3v) is 2.95. The van der Waals surface area contributed by atoms with Gasteiger partial charge in [0.2, 0.25) is 11.7 Å². The maximum Gasteiger partial charge on any atom is 0.223 e. The summed E-state index contributed by atoms with van der Waals surface area (Å²) >= 11 is 0. The zero-order chi connectivity index (χ0) is 15.5. The highest BCUT2D eigenvalue weighted by molar-refractivity contribution is 5.56. The first-order valence-corrected chi connectivity index (χ1v) is 6.59. The second-order valence-electron chi connectivity index (χ2n) is 4.73. The fraction of sp³-hybridized carbons (Fsp3) is 0.125. The lowest BCUT2D eigenvalue weighted by molar-refractivity contribution is 0.305. The highest BCUT2D eigenvalue weighted by Gasteiger charge is 2.07. The van der Waals surface area contributed by atoms with E-state index in [1.54, 1.807) is 25.1 Å². The molecule has 0 unspecified atom stereocenters. The van der Waals surface area contributed by atoms with Gasteiger partial charge in [-0.2, -0.15) is 4.98 Å². The predicted molar refractivity (Wildman–Crippen MR) is 75.2 cm³/mol. The smallest absolute Gasteiger partial charge is 0.223 e. The van der Waals surface area contributed by atoms with Crippen LogP contribution in [0.3, 0.4) is 0 Å². The van der Waals surface area contributed by atoms with Crippen LogP contribution in [0.4, 0.5) is 8.78 Å². The van der Waals surface area contributed by atoms with Gasteiger partial charge in [0.15, 0.2) is 0 Å². The molecule has 3 aromatic rings. The van der Waals surface area contributed by atoms with Crippen molar-refractivity contribution in [2.24, 2.45) is 0 Å². The van der Waals surface area contributed by atoms with E-state index in [1.165, 1.54) is 12.1 Å². The second-order valence-corrected chi connectivity index (χ2v) is 4.73. The van der Waals surface area contributed by atoms with Crippen LogP contribution in [0.5, 0.6) is 5.75 Å². The molecule has 0 fully saturated rings. The van der Waals surface area contributed by atoms with Crippen LogP contribution in [-0.4, -0.2) is 10.1 Å². The van der Waals surface area contributed by atoms with Gasteiger partial charge in [-0.1, -0.05) is 17.3 Å². The van der Waals surface area contributed by atoms with Crippen LogP contribution in [-0.2, 0) is 6.61 Å². The molecule has 22 heavy (non-hydrogen) atoms. The second kappa shape index (κ2) is 5.93. The molecule has 2 aromatic carbocycles. The predicted octanol–water partition coefficient (Wildman–Crippen LogP) is 3.90. The summed E-state index contributed by atoms with van der Waals surface area (Å²) in [7, 11) is 0. The Bertz CT molecular complexity index is 782. The number of nitrogens with zero attached hydrogens (tertiary/aromatic N) is 2. The van der Waals surface area contributed by atoms with Gasteiger partial charge in [-0.05, 0) is 29.8 Å². The van der Waals surface area contributed by atoms with Crippen molar-refractivity contribution >= 4 is 0 Å². The number of aryl methyl sites for hydroxylation is 1. The fourth-order valence-electron chi connectivity index (χ4n) is 2.00. The summed E-state index contributed by atoms with van der Waals surface area (Å²) in [5.74, 6) is 0.213. The van der Waals surface area contributed by atoms with Gasteiger partial charge in [0.1, 0.15) is 24.0 Å². The molecule has 0 amide bonds. The van der Waals surface area contributed by atoms with E-state index >= 15 is 0 Å². The van der Waals surface area contributed by atoms with Crippen LogP contribution in [0.2, 0.25) is 0 Å². The van der Waals surface area contributed by atoms with Crippen LogP contribution >= 0.6 is 0 Å². The Kier molecular flexibility index (Phi) is 3.82. The van der Waals surface area contributed by atoms with Crippen molar-refractivity contribution in [2.45, 2.75) is 13.5 Å². The summed E-state index contributed by atoms with van der Waals surface area (Å²) in [5, 5.41) is 3.83. The normalized spacial score (nSPS) is 10.7. The average Bonchev–Trinajstić information content (AvgIpc) is 2.91. The lowest BCUT2D eigenvalue weighted by Crippen LogP contribution is -1.97. The van der Waals surface area contributed by atoms with E-state index in [4.69, 9.17) is 9.26 Å². The molecule has 112 valence electrons. The lowest BCUT2D eigenvalue weighted by Gasteiger charge is -2.07. The highest BCUT2D eigenvalue weighted by atomic mass is 19.1. The molecule has 1 heterocycles. The van der Waals surface area contributed by atoms with Gasteiger partial charge < -0.3 is 9.26 Å². The molecule has 0 bridgehead atoms. The minimum absolute atomic E-state index is 0.0589. The van der Waals surface area contributed by atoms with Crippen LogP contribution in [0.25, 0.3) is 11.4 Å². The molecule has 0 saturated heterocycles. The van der Waals surface area contributed by atoms with E-state index in [9.17, 15) is 8.78 Å². The molecule has 0 saturated carbocycles. The first-order chi connectivity index (χ1) is 10.6. The number of halogens is 2.